The predicted molar refractivity (Wildman–Crippen MR) is 72.0 cm³/mol. The minimum Gasteiger partial charge on any atom is -0.339 e. The fraction of sp³-hybridized carbons (Fsp3) is 0.600. The first kappa shape index (κ1) is 17.2. The first-order valence-electron chi connectivity index (χ1n) is 6.86. The standard InChI is InChI=1S/C15H19F3O4/c1-14(2,3)11-9-6-4-5-7-10(9)12(21-13(11)22-19)20-8-15(16,17)18/h4-7,11-13,19H,8H2,1-3H3. The Balaban J connectivity index is 2.35. The molecular formula is C15H19F3O4. The van der Waals surface area contributed by atoms with Gasteiger partial charge in [0.15, 0.2) is 6.29 Å². The molecule has 1 N–H and O–H groups in total. The zero-order valence-corrected chi connectivity index (χ0v) is 12.6. The van der Waals surface area contributed by atoms with E-state index in [4.69, 9.17) is 14.7 Å². The fourth-order valence-corrected chi connectivity index (χ4v) is 2.69. The van der Waals surface area contributed by atoms with Crippen molar-refractivity contribution in [3.8, 4) is 0 Å². The van der Waals surface area contributed by atoms with Gasteiger partial charge in [0, 0.05) is 11.5 Å². The molecule has 0 saturated heterocycles. The van der Waals surface area contributed by atoms with Gasteiger partial charge in [0.1, 0.15) is 6.61 Å². The molecular weight excluding hydrogens is 301 g/mol. The molecule has 1 aliphatic rings. The molecule has 0 spiro atoms. The second-order valence-corrected chi connectivity index (χ2v) is 6.34. The van der Waals surface area contributed by atoms with Crippen LogP contribution >= 0.6 is 0 Å². The summed E-state index contributed by atoms with van der Waals surface area (Å²) in [4.78, 5) is 4.37. The van der Waals surface area contributed by atoms with E-state index < -0.39 is 25.4 Å². The third-order valence-corrected chi connectivity index (χ3v) is 3.55. The maximum Gasteiger partial charge on any atom is 0.411 e. The lowest BCUT2D eigenvalue weighted by atomic mass is 9.73. The number of hydrogen-bond acceptors (Lipinski definition) is 4. The third-order valence-electron chi connectivity index (χ3n) is 3.55. The van der Waals surface area contributed by atoms with E-state index in [2.05, 4.69) is 4.89 Å². The second-order valence-electron chi connectivity index (χ2n) is 6.34. The Kier molecular flexibility index (Phi) is 4.81. The molecule has 3 unspecified atom stereocenters. The molecule has 1 aromatic rings. The molecule has 4 nitrogen and oxygen atoms in total. The van der Waals surface area contributed by atoms with Crippen LogP contribution in [0.25, 0.3) is 0 Å². The average Bonchev–Trinajstić information content (AvgIpc) is 2.41. The normalized spacial score (nSPS) is 25.9. The van der Waals surface area contributed by atoms with Gasteiger partial charge in [0.2, 0.25) is 6.29 Å². The van der Waals surface area contributed by atoms with Crippen LogP contribution in [0.3, 0.4) is 0 Å². The van der Waals surface area contributed by atoms with Crippen molar-refractivity contribution in [2.24, 2.45) is 5.41 Å². The lowest BCUT2D eigenvalue weighted by Gasteiger charge is -2.42. The Morgan fingerprint density at radius 3 is 2.23 bits per heavy atom. The molecule has 0 bridgehead atoms. The van der Waals surface area contributed by atoms with Crippen molar-refractivity contribution in [2.45, 2.75) is 45.4 Å². The summed E-state index contributed by atoms with van der Waals surface area (Å²) in [6, 6.07) is 6.91. The molecule has 0 fully saturated rings. The van der Waals surface area contributed by atoms with Crippen LogP contribution in [-0.4, -0.2) is 24.3 Å². The van der Waals surface area contributed by atoms with E-state index in [1.807, 2.05) is 20.8 Å². The SMILES string of the molecule is CC(C)(C)C1c2ccccc2C(OCC(F)(F)F)OC1OO. The van der Waals surface area contributed by atoms with Gasteiger partial charge in [-0.3, -0.25) is 0 Å². The van der Waals surface area contributed by atoms with E-state index >= 15 is 0 Å². The van der Waals surface area contributed by atoms with Crippen LogP contribution in [0.1, 0.15) is 44.1 Å². The maximum atomic E-state index is 12.4. The van der Waals surface area contributed by atoms with E-state index in [0.717, 1.165) is 5.56 Å². The van der Waals surface area contributed by atoms with Crippen molar-refractivity contribution < 1.29 is 32.8 Å². The predicted octanol–water partition coefficient (Wildman–Crippen LogP) is 4.24. The van der Waals surface area contributed by atoms with Gasteiger partial charge < -0.3 is 9.47 Å². The van der Waals surface area contributed by atoms with Crippen LogP contribution in [0, 0.1) is 5.41 Å². The summed E-state index contributed by atoms with van der Waals surface area (Å²) < 4.78 is 47.3. The van der Waals surface area contributed by atoms with Crippen molar-refractivity contribution in [3.63, 3.8) is 0 Å². The molecule has 0 saturated carbocycles. The molecule has 3 atom stereocenters. The van der Waals surface area contributed by atoms with Crippen LogP contribution in [0.5, 0.6) is 0 Å². The lowest BCUT2D eigenvalue weighted by molar-refractivity contribution is -0.395. The number of hydrogen-bond donors (Lipinski definition) is 1. The zero-order chi connectivity index (χ0) is 16.5. The quantitative estimate of drug-likeness (QED) is 0.668. The highest BCUT2D eigenvalue weighted by Gasteiger charge is 2.44. The van der Waals surface area contributed by atoms with E-state index in [1.165, 1.54) is 0 Å². The van der Waals surface area contributed by atoms with Gasteiger partial charge in [-0.1, -0.05) is 45.0 Å². The molecule has 1 aliphatic heterocycles. The molecule has 2 rings (SSSR count). The number of ether oxygens (including phenoxy) is 2. The van der Waals surface area contributed by atoms with Crippen molar-refractivity contribution in [1.29, 1.82) is 0 Å². The van der Waals surface area contributed by atoms with Gasteiger partial charge in [0.25, 0.3) is 0 Å². The minimum atomic E-state index is -4.46. The largest absolute Gasteiger partial charge is 0.411 e. The Bertz CT molecular complexity index is 510. The van der Waals surface area contributed by atoms with Crippen molar-refractivity contribution in [2.75, 3.05) is 6.61 Å². The van der Waals surface area contributed by atoms with E-state index in [0.29, 0.717) is 5.56 Å². The molecule has 0 aliphatic carbocycles. The number of halogens is 3. The maximum absolute atomic E-state index is 12.4. The van der Waals surface area contributed by atoms with Crippen LogP contribution in [-0.2, 0) is 14.4 Å². The zero-order valence-electron chi connectivity index (χ0n) is 12.6. The van der Waals surface area contributed by atoms with Crippen LogP contribution < -0.4 is 0 Å². The lowest BCUT2D eigenvalue weighted by Crippen LogP contribution is -2.40. The molecule has 0 aromatic heterocycles. The Morgan fingerprint density at radius 1 is 1.14 bits per heavy atom. The summed E-state index contributed by atoms with van der Waals surface area (Å²) in [5.41, 5.74) is 0.922. The van der Waals surface area contributed by atoms with Crippen LogP contribution in [0.2, 0.25) is 0 Å². The Labute approximate surface area is 126 Å². The monoisotopic (exact) mass is 320 g/mol. The highest BCUT2D eigenvalue weighted by atomic mass is 19.4. The number of fused-ring (bicyclic) bond motifs is 1. The molecule has 0 amide bonds. The van der Waals surface area contributed by atoms with Gasteiger partial charge in [-0.05, 0) is 11.0 Å². The van der Waals surface area contributed by atoms with Crippen molar-refractivity contribution >= 4 is 0 Å². The fourth-order valence-electron chi connectivity index (χ4n) is 2.69. The first-order valence-corrected chi connectivity index (χ1v) is 6.86. The van der Waals surface area contributed by atoms with Gasteiger partial charge in [-0.15, -0.1) is 0 Å². The van der Waals surface area contributed by atoms with E-state index in [1.54, 1.807) is 24.3 Å². The average molecular weight is 320 g/mol. The highest BCUT2D eigenvalue weighted by Crippen LogP contribution is 2.47. The second kappa shape index (κ2) is 6.16. The summed E-state index contributed by atoms with van der Waals surface area (Å²) in [7, 11) is 0. The molecule has 7 heteroatoms. The van der Waals surface area contributed by atoms with E-state index in [-0.39, 0.29) is 11.3 Å². The summed E-state index contributed by atoms with van der Waals surface area (Å²) in [6.07, 6.45) is -6.81. The molecule has 0 radical (unpaired) electrons. The molecule has 1 aromatic carbocycles. The van der Waals surface area contributed by atoms with E-state index in [9.17, 15) is 13.2 Å². The molecule has 124 valence electrons. The topological polar surface area (TPSA) is 47.9 Å². The summed E-state index contributed by atoms with van der Waals surface area (Å²) >= 11 is 0. The van der Waals surface area contributed by atoms with Gasteiger partial charge in [-0.25, -0.2) is 10.1 Å². The number of benzene rings is 1. The Morgan fingerprint density at radius 2 is 1.73 bits per heavy atom. The Hall–Kier alpha value is -1.15. The third kappa shape index (κ3) is 3.78. The van der Waals surface area contributed by atoms with Crippen LogP contribution in [0.4, 0.5) is 13.2 Å². The smallest absolute Gasteiger partial charge is 0.339 e. The number of rotatable bonds is 3. The molecule has 1 heterocycles. The van der Waals surface area contributed by atoms with Gasteiger partial charge >= 0.3 is 6.18 Å². The molecule has 22 heavy (non-hydrogen) atoms. The summed E-state index contributed by atoms with van der Waals surface area (Å²) in [5.74, 6) is -0.348. The van der Waals surface area contributed by atoms with Gasteiger partial charge in [0.05, 0.1) is 0 Å². The van der Waals surface area contributed by atoms with Gasteiger partial charge in [-0.2, -0.15) is 13.2 Å². The summed E-state index contributed by atoms with van der Waals surface area (Å²) in [5, 5.41) is 9.09. The minimum absolute atomic E-state index is 0.335. The number of alkyl halides is 3. The van der Waals surface area contributed by atoms with Crippen LogP contribution in [0.15, 0.2) is 24.3 Å². The van der Waals surface area contributed by atoms with Crippen molar-refractivity contribution in [1.82, 2.24) is 0 Å². The first-order chi connectivity index (χ1) is 10.1. The highest BCUT2D eigenvalue weighted by molar-refractivity contribution is 5.35. The van der Waals surface area contributed by atoms with Crippen molar-refractivity contribution in [3.05, 3.63) is 35.4 Å². The summed E-state index contributed by atoms with van der Waals surface area (Å²) in [6.45, 7) is 4.35.